The summed E-state index contributed by atoms with van der Waals surface area (Å²) in [5.41, 5.74) is 0. The number of furan rings is 1. The monoisotopic (exact) mass is 282 g/mol. The molecular weight excluding hydrogens is 264 g/mol. The van der Waals surface area contributed by atoms with Crippen molar-refractivity contribution >= 4 is 12.0 Å². The van der Waals surface area contributed by atoms with E-state index in [1.54, 1.807) is 23.3 Å². The van der Waals surface area contributed by atoms with Gasteiger partial charge in [0.2, 0.25) is 0 Å². The zero-order chi connectivity index (χ0) is 14.5. The van der Waals surface area contributed by atoms with Gasteiger partial charge < -0.3 is 24.5 Å². The summed E-state index contributed by atoms with van der Waals surface area (Å²) in [6, 6.07) is 3.07. The second-order valence-corrected chi connectivity index (χ2v) is 4.72. The van der Waals surface area contributed by atoms with Crippen LogP contribution >= 0.6 is 0 Å². The van der Waals surface area contributed by atoms with Crippen molar-refractivity contribution in [2.45, 2.75) is 25.5 Å². The quantitative estimate of drug-likeness (QED) is 0.866. The lowest BCUT2D eigenvalue weighted by atomic mass is 10.2. The fourth-order valence-corrected chi connectivity index (χ4v) is 2.11. The van der Waals surface area contributed by atoms with Crippen LogP contribution in [0.4, 0.5) is 4.79 Å². The standard InChI is InChI=1S/C13H18N2O5/c1-9(11-3-2-5-20-11)14-13(18)15-4-6-19-10(8-15)7-12(16)17/h2-3,5,9-10H,4,6-8H2,1H3,(H,14,18)(H,16,17). The predicted molar refractivity (Wildman–Crippen MR) is 69.2 cm³/mol. The van der Waals surface area contributed by atoms with E-state index in [0.717, 1.165) is 0 Å². The Balaban J connectivity index is 1.87. The smallest absolute Gasteiger partial charge is 0.318 e. The molecule has 2 unspecified atom stereocenters. The minimum atomic E-state index is -0.929. The highest BCUT2D eigenvalue weighted by Gasteiger charge is 2.26. The number of carbonyl (C=O) groups is 2. The topological polar surface area (TPSA) is 92.0 Å². The molecule has 7 nitrogen and oxygen atoms in total. The summed E-state index contributed by atoms with van der Waals surface area (Å²) >= 11 is 0. The van der Waals surface area contributed by atoms with Gasteiger partial charge in [-0.25, -0.2) is 4.79 Å². The number of nitrogens with one attached hydrogen (secondary N) is 1. The summed E-state index contributed by atoms with van der Waals surface area (Å²) in [6.45, 7) is 2.91. The lowest BCUT2D eigenvalue weighted by Crippen LogP contribution is -2.50. The van der Waals surface area contributed by atoms with E-state index >= 15 is 0 Å². The number of carboxylic acids is 1. The van der Waals surface area contributed by atoms with Crippen LogP contribution in [0.5, 0.6) is 0 Å². The van der Waals surface area contributed by atoms with E-state index in [0.29, 0.717) is 18.9 Å². The van der Waals surface area contributed by atoms with Gasteiger partial charge in [0, 0.05) is 13.1 Å². The van der Waals surface area contributed by atoms with Crippen LogP contribution in [-0.4, -0.2) is 47.8 Å². The Morgan fingerprint density at radius 3 is 3.05 bits per heavy atom. The summed E-state index contributed by atoms with van der Waals surface area (Å²) in [5.74, 6) is -0.255. The van der Waals surface area contributed by atoms with Crippen molar-refractivity contribution in [1.29, 1.82) is 0 Å². The Morgan fingerprint density at radius 2 is 2.40 bits per heavy atom. The predicted octanol–water partition coefficient (Wildman–Crippen LogP) is 1.23. The highest BCUT2D eigenvalue weighted by molar-refractivity contribution is 5.75. The van der Waals surface area contributed by atoms with Crippen LogP contribution in [0.15, 0.2) is 22.8 Å². The van der Waals surface area contributed by atoms with Crippen molar-refractivity contribution < 1.29 is 23.8 Å². The van der Waals surface area contributed by atoms with Crippen LogP contribution in [0.25, 0.3) is 0 Å². The van der Waals surface area contributed by atoms with Gasteiger partial charge in [-0.15, -0.1) is 0 Å². The lowest BCUT2D eigenvalue weighted by molar-refractivity contribution is -0.141. The van der Waals surface area contributed by atoms with Gasteiger partial charge in [0.15, 0.2) is 0 Å². The van der Waals surface area contributed by atoms with Crippen LogP contribution in [0.2, 0.25) is 0 Å². The van der Waals surface area contributed by atoms with Crippen LogP contribution in [-0.2, 0) is 9.53 Å². The molecule has 0 radical (unpaired) electrons. The number of rotatable bonds is 4. The van der Waals surface area contributed by atoms with Gasteiger partial charge in [-0.05, 0) is 19.1 Å². The van der Waals surface area contributed by atoms with Crippen molar-refractivity contribution in [3.05, 3.63) is 24.2 Å². The Kier molecular flexibility index (Phi) is 4.62. The molecule has 20 heavy (non-hydrogen) atoms. The number of aliphatic carboxylic acids is 1. The van der Waals surface area contributed by atoms with E-state index in [1.807, 2.05) is 6.92 Å². The molecule has 7 heteroatoms. The number of ether oxygens (including phenoxy) is 1. The number of carbonyl (C=O) groups excluding carboxylic acids is 1. The molecule has 2 atom stereocenters. The first-order valence-corrected chi connectivity index (χ1v) is 6.48. The van der Waals surface area contributed by atoms with Gasteiger partial charge in [-0.3, -0.25) is 4.79 Å². The van der Waals surface area contributed by atoms with Gasteiger partial charge in [0.25, 0.3) is 0 Å². The Morgan fingerprint density at radius 1 is 1.60 bits per heavy atom. The molecule has 1 fully saturated rings. The maximum absolute atomic E-state index is 12.1. The third kappa shape index (κ3) is 3.74. The molecule has 2 heterocycles. The number of nitrogens with zero attached hydrogens (tertiary/aromatic N) is 1. The van der Waals surface area contributed by atoms with Gasteiger partial charge in [0.1, 0.15) is 5.76 Å². The Hall–Kier alpha value is -2.02. The van der Waals surface area contributed by atoms with E-state index in [4.69, 9.17) is 14.3 Å². The molecule has 2 amide bonds. The van der Waals surface area contributed by atoms with E-state index in [9.17, 15) is 9.59 Å². The summed E-state index contributed by atoms with van der Waals surface area (Å²) in [4.78, 5) is 24.3. The Labute approximate surface area is 116 Å². The van der Waals surface area contributed by atoms with E-state index in [1.165, 1.54) is 0 Å². The molecular formula is C13H18N2O5. The molecule has 0 aromatic carbocycles. The van der Waals surface area contributed by atoms with E-state index in [2.05, 4.69) is 5.32 Å². The molecule has 1 aliphatic rings. The van der Waals surface area contributed by atoms with Gasteiger partial charge in [-0.2, -0.15) is 0 Å². The maximum atomic E-state index is 12.1. The minimum absolute atomic E-state index is 0.0997. The molecule has 1 aliphatic heterocycles. The summed E-state index contributed by atoms with van der Waals surface area (Å²) < 4.78 is 10.5. The second kappa shape index (κ2) is 6.42. The number of urea groups is 1. The van der Waals surface area contributed by atoms with Crippen molar-refractivity contribution in [3.8, 4) is 0 Å². The summed E-state index contributed by atoms with van der Waals surface area (Å²) in [5, 5.41) is 11.6. The van der Waals surface area contributed by atoms with Gasteiger partial charge >= 0.3 is 12.0 Å². The normalized spacial score (nSPS) is 20.4. The number of amides is 2. The van der Waals surface area contributed by atoms with Crippen molar-refractivity contribution in [2.75, 3.05) is 19.7 Å². The highest BCUT2D eigenvalue weighted by atomic mass is 16.5. The molecule has 2 N–H and O–H groups in total. The van der Waals surface area contributed by atoms with E-state index < -0.39 is 12.1 Å². The van der Waals surface area contributed by atoms with E-state index in [-0.39, 0.29) is 25.0 Å². The van der Waals surface area contributed by atoms with Crippen molar-refractivity contribution in [2.24, 2.45) is 0 Å². The number of carboxylic acid groups (broad SMARTS) is 1. The molecule has 1 aromatic rings. The van der Waals surface area contributed by atoms with Crippen molar-refractivity contribution in [1.82, 2.24) is 10.2 Å². The van der Waals surface area contributed by atoms with Gasteiger partial charge in [0.05, 0.1) is 31.4 Å². The summed E-state index contributed by atoms with van der Waals surface area (Å²) in [6.07, 6.45) is 0.999. The first-order chi connectivity index (χ1) is 9.56. The fourth-order valence-electron chi connectivity index (χ4n) is 2.11. The number of hydrogen-bond acceptors (Lipinski definition) is 4. The highest BCUT2D eigenvalue weighted by Crippen LogP contribution is 2.14. The molecule has 1 aromatic heterocycles. The molecule has 0 spiro atoms. The van der Waals surface area contributed by atoms with Crippen LogP contribution in [0, 0.1) is 0 Å². The molecule has 0 saturated carbocycles. The molecule has 1 saturated heterocycles. The zero-order valence-corrected chi connectivity index (χ0v) is 11.2. The lowest BCUT2D eigenvalue weighted by Gasteiger charge is -2.32. The minimum Gasteiger partial charge on any atom is -0.481 e. The number of morpholine rings is 1. The summed E-state index contributed by atoms with van der Waals surface area (Å²) in [7, 11) is 0. The van der Waals surface area contributed by atoms with Crippen molar-refractivity contribution in [3.63, 3.8) is 0 Å². The number of hydrogen-bond donors (Lipinski definition) is 2. The average Bonchev–Trinajstić information content (AvgIpc) is 2.92. The third-order valence-corrected chi connectivity index (χ3v) is 3.14. The zero-order valence-electron chi connectivity index (χ0n) is 11.2. The fraction of sp³-hybridized carbons (Fsp3) is 0.538. The largest absolute Gasteiger partial charge is 0.481 e. The maximum Gasteiger partial charge on any atom is 0.318 e. The molecule has 2 rings (SSSR count). The second-order valence-electron chi connectivity index (χ2n) is 4.72. The first kappa shape index (κ1) is 14.4. The van der Waals surface area contributed by atoms with Crippen LogP contribution in [0.1, 0.15) is 25.1 Å². The van der Waals surface area contributed by atoms with Gasteiger partial charge in [-0.1, -0.05) is 0 Å². The third-order valence-electron chi connectivity index (χ3n) is 3.14. The molecule has 0 bridgehead atoms. The molecule has 0 aliphatic carbocycles. The molecule has 110 valence electrons. The van der Waals surface area contributed by atoms with Crippen LogP contribution < -0.4 is 5.32 Å². The Bertz CT molecular complexity index is 459. The average molecular weight is 282 g/mol. The first-order valence-electron chi connectivity index (χ1n) is 6.48. The SMILES string of the molecule is CC(NC(=O)N1CCOC(CC(=O)O)C1)c1ccco1. The van der Waals surface area contributed by atoms with Crippen LogP contribution in [0.3, 0.4) is 0 Å².